The van der Waals surface area contributed by atoms with Gasteiger partial charge in [0.1, 0.15) is 12.3 Å². The molecule has 0 saturated heterocycles. The predicted molar refractivity (Wildman–Crippen MR) is 101 cm³/mol. The van der Waals surface area contributed by atoms with Crippen molar-refractivity contribution in [2.24, 2.45) is 11.7 Å². The number of anilines is 1. The molecule has 0 saturated carbocycles. The summed E-state index contributed by atoms with van der Waals surface area (Å²) in [7, 11) is 0. The quantitative estimate of drug-likeness (QED) is 0.804. The number of para-hydroxylation sites is 2. The molecule has 2 unspecified atom stereocenters. The van der Waals surface area contributed by atoms with Crippen LogP contribution in [0.4, 0.5) is 5.69 Å². The zero-order chi connectivity index (χ0) is 17.9. The van der Waals surface area contributed by atoms with E-state index in [1.54, 1.807) is 19.1 Å². The fraction of sp³-hybridized carbons (Fsp3) is 0.556. The first-order valence-corrected chi connectivity index (χ1v) is 8.34. The van der Waals surface area contributed by atoms with E-state index in [-0.39, 0.29) is 30.8 Å². The van der Waals surface area contributed by atoms with Crippen LogP contribution in [0.25, 0.3) is 0 Å². The highest BCUT2D eigenvalue weighted by atomic mass is 35.5. The van der Waals surface area contributed by atoms with Gasteiger partial charge >= 0.3 is 0 Å². The maximum Gasteiger partial charge on any atom is 0.268 e. The molecule has 0 fully saturated rings. The number of halogens is 1. The van der Waals surface area contributed by atoms with Gasteiger partial charge in [-0.2, -0.15) is 0 Å². The number of rotatable bonds is 6. The number of carbonyl (C=O) groups excluding carboxylic acids is 2. The summed E-state index contributed by atoms with van der Waals surface area (Å²) in [6, 6.07) is 7.24. The molecule has 0 spiro atoms. The number of fused-ring (bicyclic) bond motifs is 1. The zero-order valence-corrected chi connectivity index (χ0v) is 16.1. The Morgan fingerprint density at radius 1 is 1.40 bits per heavy atom. The zero-order valence-electron chi connectivity index (χ0n) is 15.2. The Kier molecular flexibility index (Phi) is 7.26. The molecular weight excluding hydrogens is 342 g/mol. The summed E-state index contributed by atoms with van der Waals surface area (Å²) < 4.78 is 5.59. The molecule has 1 heterocycles. The van der Waals surface area contributed by atoms with Gasteiger partial charge in [-0.05, 0) is 38.3 Å². The molecule has 1 aliphatic rings. The molecule has 0 radical (unpaired) electrons. The van der Waals surface area contributed by atoms with E-state index in [2.05, 4.69) is 19.2 Å². The van der Waals surface area contributed by atoms with Gasteiger partial charge in [-0.15, -0.1) is 12.4 Å². The first-order chi connectivity index (χ1) is 11.3. The molecule has 1 aromatic carbocycles. The SMILES string of the molecule is CC(C)CC(C)(CN)NC(=O)CN1C(=O)C(C)Oc2ccccc21.Cl. The predicted octanol–water partition coefficient (Wildman–Crippen LogP) is 2.10. The number of nitrogens with zero attached hydrogens (tertiary/aromatic N) is 1. The van der Waals surface area contributed by atoms with Crippen molar-refractivity contribution < 1.29 is 14.3 Å². The fourth-order valence-electron chi connectivity index (χ4n) is 3.13. The van der Waals surface area contributed by atoms with Gasteiger partial charge in [-0.1, -0.05) is 26.0 Å². The molecule has 1 aromatic rings. The molecule has 0 bridgehead atoms. The minimum absolute atomic E-state index is 0. The molecule has 140 valence electrons. The number of nitrogens with one attached hydrogen (secondary N) is 1. The number of hydrogen-bond acceptors (Lipinski definition) is 4. The van der Waals surface area contributed by atoms with Gasteiger partial charge in [-0.25, -0.2) is 0 Å². The van der Waals surface area contributed by atoms with Crippen LogP contribution < -0.4 is 20.7 Å². The smallest absolute Gasteiger partial charge is 0.268 e. The highest BCUT2D eigenvalue weighted by Gasteiger charge is 2.34. The monoisotopic (exact) mass is 369 g/mol. The number of benzene rings is 1. The first-order valence-electron chi connectivity index (χ1n) is 8.34. The van der Waals surface area contributed by atoms with Crippen molar-refractivity contribution >= 4 is 29.9 Å². The summed E-state index contributed by atoms with van der Waals surface area (Å²) in [6.45, 7) is 8.10. The van der Waals surface area contributed by atoms with Crippen LogP contribution in [-0.2, 0) is 9.59 Å². The van der Waals surface area contributed by atoms with Gasteiger partial charge in [0.05, 0.1) is 5.69 Å². The summed E-state index contributed by atoms with van der Waals surface area (Å²) in [5.74, 6) is 0.578. The highest BCUT2D eigenvalue weighted by molar-refractivity contribution is 6.03. The van der Waals surface area contributed by atoms with Crippen molar-refractivity contribution in [3.05, 3.63) is 24.3 Å². The van der Waals surface area contributed by atoms with Crippen molar-refractivity contribution in [3.8, 4) is 5.75 Å². The Labute approximate surface area is 155 Å². The lowest BCUT2D eigenvalue weighted by Crippen LogP contribution is -2.56. The second-order valence-electron chi connectivity index (χ2n) is 7.06. The van der Waals surface area contributed by atoms with Gasteiger partial charge in [0.2, 0.25) is 5.91 Å². The number of amides is 2. The second kappa shape index (κ2) is 8.54. The fourth-order valence-corrected chi connectivity index (χ4v) is 3.13. The lowest BCUT2D eigenvalue weighted by Gasteiger charge is -2.35. The van der Waals surface area contributed by atoms with Crippen LogP contribution >= 0.6 is 12.4 Å². The minimum Gasteiger partial charge on any atom is -0.479 e. The summed E-state index contributed by atoms with van der Waals surface area (Å²) in [5, 5.41) is 2.99. The van der Waals surface area contributed by atoms with Crippen LogP contribution in [0.3, 0.4) is 0 Å². The highest BCUT2D eigenvalue weighted by Crippen LogP contribution is 2.33. The number of carbonyl (C=O) groups is 2. The Morgan fingerprint density at radius 2 is 2.04 bits per heavy atom. The Balaban J connectivity index is 0.00000312. The van der Waals surface area contributed by atoms with Crippen molar-refractivity contribution in [3.63, 3.8) is 0 Å². The number of ether oxygens (including phenoxy) is 1. The van der Waals surface area contributed by atoms with Gasteiger partial charge in [-0.3, -0.25) is 14.5 Å². The molecule has 0 aliphatic carbocycles. The third-order valence-corrected chi connectivity index (χ3v) is 4.13. The third-order valence-electron chi connectivity index (χ3n) is 4.13. The third kappa shape index (κ3) is 5.09. The average molecular weight is 370 g/mol. The molecule has 6 nitrogen and oxygen atoms in total. The van der Waals surface area contributed by atoms with Crippen molar-refractivity contribution in [2.75, 3.05) is 18.0 Å². The summed E-state index contributed by atoms with van der Waals surface area (Å²) >= 11 is 0. The van der Waals surface area contributed by atoms with Crippen LogP contribution in [0, 0.1) is 5.92 Å². The van der Waals surface area contributed by atoms with Gasteiger partial charge in [0, 0.05) is 12.1 Å². The van der Waals surface area contributed by atoms with E-state index in [0.29, 0.717) is 23.9 Å². The summed E-state index contributed by atoms with van der Waals surface area (Å²) in [4.78, 5) is 26.4. The molecule has 0 aromatic heterocycles. The van der Waals surface area contributed by atoms with E-state index in [0.717, 1.165) is 6.42 Å². The van der Waals surface area contributed by atoms with Crippen molar-refractivity contribution in [1.29, 1.82) is 0 Å². The number of hydrogen-bond donors (Lipinski definition) is 2. The lowest BCUT2D eigenvalue weighted by atomic mass is 9.90. The number of nitrogens with two attached hydrogens (primary N) is 1. The van der Waals surface area contributed by atoms with Gasteiger partial charge in [0.15, 0.2) is 6.10 Å². The van der Waals surface area contributed by atoms with Crippen LogP contribution in [0.5, 0.6) is 5.75 Å². The lowest BCUT2D eigenvalue weighted by molar-refractivity contribution is -0.128. The van der Waals surface area contributed by atoms with Crippen molar-refractivity contribution in [1.82, 2.24) is 5.32 Å². The van der Waals surface area contributed by atoms with Gasteiger partial charge in [0.25, 0.3) is 5.91 Å². The molecule has 25 heavy (non-hydrogen) atoms. The van der Waals surface area contributed by atoms with Crippen LogP contribution in [0.2, 0.25) is 0 Å². The maximum atomic E-state index is 12.5. The van der Waals surface area contributed by atoms with E-state index >= 15 is 0 Å². The molecular formula is C18H28ClN3O3. The first kappa shape index (κ1) is 21.3. The van der Waals surface area contributed by atoms with Crippen LogP contribution in [0.1, 0.15) is 34.1 Å². The molecule has 1 aliphatic heterocycles. The van der Waals surface area contributed by atoms with Crippen LogP contribution in [0.15, 0.2) is 24.3 Å². The average Bonchev–Trinajstić information content (AvgIpc) is 2.51. The van der Waals surface area contributed by atoms with E-state index in [9.17, 15) is 9.59 Å². The Hall–Kier alpha value is -1.79. The molecule has 3 N–H and O–H groups in total. The molecule has 2 amide bonds. The van der Waals surface area contributed by atoms with Crippen molar-refractivity contribution in [2.45, 2.75) is 45.8 Å². The molecule has 7 heteroatoms. The van der Waals surface area contributed by atoms with Gasteiger partial charge < -0.3 is 15.8 Å². The second-order valence-corrected chi connectivity index (χ2v) is 7.06. The standard InChI is InChI=1S/C18H27N3O3.ClH/c1-12(2)9-18(4,11-19)20-16(22)10-21-14-7-5-6-8-15(14)24-13(3)17(21)23;/h5-8,12-13H,9-11,19H2,1-4H3,(H,20,22);1H. The Morgan fingerprint density at radius 3 is 2.64 bits per heavy atom. The van der Waals surface area contributed by atoms with E-state index in [4.69, 9.17) is 10.5 Å². The maximum absolute atomic E-state index is 12.5. The minimum atomic E-state index is -0.607. The molecule has 2 rings (SSSR count). The van der Waals surface area contributed by atoms with E-state index in [1.165, 1.54) is 4.90 Å². The normalized spacial score (nSPS) is 18.7. The van der Waals surface area contributed by atoms with E-state index < -0.39 is 11.6 Å². The van der Waals surface area contributed by atoms with Crippen LogP contribution in [-0.4, -0.2) is 36.5 Å². The largest absolute Gasteiger partial charge is 0.479 e. The Bertz CT molecular complexity index is 623. The topological polar surface area (TPSA) is 84.7 Å². The summed E-state index contributed by atoms with van der Waals surface area (Å²) in [5.41, 5.74) is 5.99. The molecule has 2 atom stereocenters. The van der Waals surface area contributed by atoms with E-state index in [1.807, 2.05) is 19.1 Å². The summed E-state index contributed by atoms with van der Waals surface area (Å²) in [6.07, 6.45) is 0.170.